The lowest BCUT2D eigenvalue weighted by Gasteiger charge is -2.20. The molecule has 11 heteroatoms. The van der Waals surface area contributed by atoms with Crippen LogP contribution in [0.25, 0.3) is 21.6 Å². The van der Waals surface area contributed by atoms with Crippen LogP contribution in [0.3, 0.4) is 0 Å². The van der Waals surface area contributed by atoms with Crippen LogP contribution in [-0.4, -0.2) is 0 Å². The van der Waals surface area contributed by atoms with Crippen LogP contribution in [0.4, 0.5) is 39.5 Å². The topological polar surface area (TPSA) is 9.23 Å². The van der Waals surface area contributed by atoms with Gasteiger partial charge in [-0.1, -0.05) is 19.1 Å². The number of rotatable bonds is 6. The van der Waals surface area contributed by atoms with E-state index in [0.29, 0.717) is 18.6 Å². The van der Waals surface area contributed by atoms with Crippen molar-refractivity contribution in [3.63, 3.8) is 0 Å². The van der Waals surface area contributed by atoms with Crippen molar-refractivity contribution in [2.45, 2.75) is 19.5 Å². The lowest BCUT2D eigenvalue weighted by Crippen LogP contribution is -2.25. The second-order valence-corrected chi connectivity index (χ2v) is 8.71. The standard InChI is InChI=1S/C25H13F9OS/c1-2-14-10-21(31)24(36-14)11-3-4-15(16(26)5-11)12-6-17(27)22(18(28)7-12)25(33,34)35-13-8-19(29)23(32)20(30)9-13/h3-10H,2H2,1H3. The van der Waals surface area contributed by atoms with Gasteiger partial charge in [0.25, 0.3) is 0 Å². The first-order valence-corrected chi connectivity index (χ1v) is 11.0. The Balaban J connectivity index is 1.68. The van der Waals surface area contributed by atoms with Gasteiger partial charge in [0, 0.05) is 22.6 Å². The molecule has 0 aliphatic heterocycles. The lowest BCUT2D eigenvalue weighted by molar-refractivity contribution is -0.189. The third kappa shape index (κ3) is 4.79. The van der Waals surface area contributed by atoms with E-state index in [1.165, 1.54) is 12.1 Å². The first kappa shape index (κ1) is 25.6. The number of thiophene rings is 1. The van der Waals surface area contributed by atoms with Gasteiger partial charge in [-0.05, 0) is 41.8 Å². The van der Waals surface area contributed by atoms with Crippen LogP contribution in [0.5, 0.6) is 5.75 Å². The second-order valence-electron chi connectivity index (χ2n) is 7.57. The maximum Gasteiger partial charge on any atom is 0.432 e. The minimum atomic E-state index is -4.78. The van der Waals surface area contributed by atoms with Gasteiger partial charge < -0.3 is 4.74 Å². The van der Waals surface area contributed by atoms with Crippen LogP contribution in [0.1, 0.15) is 17.4 Å². The van der Waals surface area contributed by atoms with E-state index in [4.69, 9.17) is 0 Å². The Hall–Kier alpha value is -3.47. The zero-order valence-corrected chi connectivity index (χ0v) is 18.9. The average molecular weight is 532 g/mol. The molecule has 4 rings (SSSR count). The molecule has 0 fully saturated rings. The first-order valence-electron chi connectivity index (χ1n) is 10.2. The fourth-order valence-electron chi connectivity index (χ4n) is 3.47. The predicted molar refractivity (Wildman–Crippen MR) is 115 cm³/mol. The highest BCUT2D eigenvalue weighted by Crippen LogP contribution is 2.39. The highest BCUT2D eigenvalue weighted by molar-refractivity contribution is 7.15. The van der Waals surface area contributed by atoms with E-state index in [-0.39, 0.29) is 28.1 Å². The molecule has 0 aliphatic carbocycles. The summed E-state index contributed by atoms with van der Waals surface area (Å²) in [7, 11) is 0. The van der Waals surface area contributed by atoms with E-state index in [9.17, 15) is 39.5 Å². The Bertz CT molecular complexity index is 1420. The van der Waals surface area contributed by atoms with Gasteiger partial charge in [0.15, 0.2) is 17.5 Å². The summed E-state index contributed by atoms with van der Waals surface area (Å²) >= 11 is 1.11. The summed E-state index contributed by atoms with van der Waals surface area (Å²) in [6, 6.07) is 5.67. The number of benzene rings is 3. The number of ether oxygens (including phenoxy) is 1. The molecule has 188 valence electrons. The van der Waals surface area contributed by atoms with Gasteiger partial charge in [0.1, 0.15) is 34.6 Å². The van der Waals surface area contributed by atoms with Crippen molar-refractivity contribution >= 4 is 11.3 Å². The average Bonchev–Trinajstić information content (AvgIpc) is 3.17. The number of halogens is 9. The molecule has 36 heavy (non-hydrogen) atoms. The van der Waals surface area contributed by atoms with Crippen LogP contribution < -0.4 is 4.74 Å². The molecule has 1 heterocycles. The van der Waals surface area contributed by atoms with Crippen LogP contribution in [-0.2, 0) is 12.5 Å². The molecule has 0 unspecified atom stereocenters. The zero-order chi connectivity index (χ0) is 26.4. The quantitative estimate of drug-likeness (QED) is 0.178. The SMILES string of the molecule is CCc1cc(F)c(-c2ccc(-c3cc(F)c(C(F)(F)Oc4cc(F)c(F)c(F)c4)c(F)c3)c(F)c2)s1. The third-order valence-corrected chi connectivity index (χ3v) is 6.47. The van der Waals surface area contributed by atoms with E-state index in [2.05, 4.69) is 4.74 Å². The number of hydrogen-bond donors (Lipinski definition) is 0. The molecular weight excluding hydrogens is 519 g/mol. The van der Waals surface area contributed by atoms with Gasteiger partial charge >= 0.3 is 6.11 Å². The summed E-state index contributed by atoms with van der Waals surface area (Å²) in [5.74, 6) is -12.1. The zero-order valence-electron chi connectivity index (χ0n) is 18.0. The maximum atomic E-state index is 14.8. The Labute approximate surface area is 202 Å². The largest absolute Gasteiger partial charge is 0.432 e. The molecule has 0 N–H and O–H groups in total. The van der Waals surface area contributed by atoms with Crippen LogP contribution in [0, 0.1) is 40.7 Å². The van der Waals surface area contributed by atoms with Crippen molar-refractivity contribution in [1.82, 2.24) is 0 Å². The van der Waals surface area contributed by atoms with Gasteiger partial charge in [-0.2, -0.15) is 8.78 Å². The lowest BCUT2D eigenvalue weighted by atomic mass is 10.00. The van der Waals surface area contributed by atoms with Crippen molar-refractivity contribution in [2.24, 2.45) is 0 Å². The summed E-state index contributed by atoms with van der Waals surface area (Å²) in [5.41, 5.74) is -2.55. The minimum Gasteiger partial charge on any atom is -0.429 e. The summed E-state index contributed by atoms with van der Waals surface area (Å²) in [6.07, 6.45) is -4.22. The monoisotopic (exact) mass is 532 g/mol. The van der Waals surface area contributed by atoms with E-state index in [1.807, 2.05) is 6.92 Å². The molecule has 0 atom stereocenters. The van der Waals surface area contributed by atoms with Crippen LogP contribution in [0.15, 0.2) is 48.5 Å². The highest BCUT2D eigenvalue weighted by atomic mass is 32.1. The van der Waals surface area contributed by atoms with Crippen molar-refractivity contribution in [2.75, 3.05) is 0 Å². The molecule has 0 amide bonds. The molecule has 1 nitrogen and oxygen atoms in total. The summed E-state index contributed by atoms with van der Waals surface area (Å²) in [4.78, 5) is 0.886. The summed E-state index contributed by atoms with van der Waals surface area (Å²) < 4.78 is 131. The highest BCUT2D eigenvalue weighted by Gasteiger charge is 2.41. The molecule has 0 bridgehead atoms. The van der Waals surface area contributed by atoms with Gasteiger partial charge in [0.05, 0.1) is 4.88 Å². The molecule has 0 aliphatic rings. The third-order valence-electron chi connectivity index (χ3n) is 5.17. The van der Waals surface area contributed by atoms with E-state index < -0.39 is 63.7 Å². The van der Waals surface area contributed by atoms with Gasteiger partial charge in [-0.15, -0.1) is 11.3 Å². The van der Waals surface area contributed by atoms with E-state index in [0.717, 1.165) is 28.3 Å². The number of alkyl halides is 2. The molecule has 4 aromatic rings. The molecular formula is C25H13F9OS. The second kappa shape index (κ2) is 9.53. The number of aryl methyl sites for hydroxylation is 1. The fourth-order valence-corrected chi connectivity index (χ4v) is 4.44. The molecule has 3 aromatic carbocycles. The Kier molecular flexibility index (Phi) is 6.78. The van der Waals surface area contributed by atoms with Gasteiger partial charge in [0.2, 0.25) is 0 Å². The Morgan fingerprint density at radius 2 is 1.28 bits per heavy atom. The smallest absolute Gasteiger partial charge is 0.429 e. The van der Waals surface area contributed by atoms with Crippen molar-refractivity contribution < 1.29 is 44.3 Å². The van der Waals surface area contributed by atoms with Crippen molar-refractivity contribution in [1.29, 1.82) is 0 Å². The maximum absolute atomic E-state index is 14.8. The molecule has 1 aromatic heterocycles. The first-order chi connectivity index (χ1) is 16.9. The minimum absolute atomic E-state index is 0.0767. The fraction of sp³-hybridized carbons (Fsp3) is 0.120. The van der Waals surface area contributed by atoms with Crippen molar-refractivity contribution in [3.05, 3.63) is 99.7 Å². The normalized spacial score (nSPS) is 11.7. The summed E-state index contributed by atoms with van der Waals surface area (Å²) in [6.45, 7) is 1.82. The Morgan fingerprint density at radius 3 is 1.81 bits per heavy atom. The molecule has 0 saturated heterocycles. The summed E-state index contributed by atoms with van der Waals surface area (Å²) in [5, 5.41) is 0. The van der Waals surface area contributed by atoms with Gasteiger partial charge in [-0.25, -0.2) is 30.7 Å². The predicted octanol–water partition coefficient (Wildman–Crippen LogP) is 8.75. The van der Waals surface area contributed by atoms with E-state index >= 15 is 0 Å². The van der Waals surface area contributed by atoms with E-state index in [1.54, 1.807) is 0 Å². The molecule has 0 saturated carbocycles. The molecule has 0 spiro atoms. The van der Waals surface area contributed by atoms with Crippen LogP contribution >= 0.6 is 11.3 Å². The van der Waals surface area contributed by atoms with Gasteiger partial charge in [-0.3, -0.25) is 0 Å². The van der Waals surface area contributed by atoms with Crippen LogP contribution in [0.2, 0.25) is 0 Å². The van der Waals surface area contributed by atoms with Crippen molar-refractivity contribution in [3.8, 4) is 27.3 Å². The Morgan fingerprint density at radius 1 is 0.694 bits per heavy atom. The molecule has 0 radical (unpaired) electrons. The number of hydrogen-bond acceptors (Lipinski definition) is 2.